The first-order valence-electron chi connectivity index (χ1n) is 6.94. The Morgan fingerprint density at radius 3 is 2.70 bits per heavy atom. The maximum atomic E-state index is 11.2. The van der Waals surface area contributed by atoms with E-state index in [4.69, 9.17) is 5.11 Å². The van der Waals surface area contributed by atoms with Crippen LogP contribution in [-0.2, 0) is 0 Å². The number of carboxylic acids is 1. The van der Waals surface area contributed by atoms with Crippen LogP contribution in [0.25, 0.3) is 28.0 Å². The van der Waals surface area contributed by atoms with Gasteiger partial charge < -0.3 is 5.11 Å². The third-order valence-corrected chi connectivity index (χ3v) is 4.30. The van der Waals surface area contributed by atoms with Gasteiger partial charge in [-0.15, -0.1) is 0 Å². The van der Waals surface area contributed by atoms with E-state index in [0.717, 1.165) is 22.4 Å². The van der Waals surface area contributed by atoms with Gasteiger partial charge in [0.2, 0.25) is 0 Å². The lowest BCUT2D eigenvalue weighted by atomic mass is 10.00. The lowest BCUT2D eigenvalue weighted by Gasteiger charge is -2.09. The molecule has 4 aromatic rings. The highest BCUT2D eigenvalue weighted by atomic mass is 32.1. The molecule has 3 aromatic heterocycles. The van der Waals surface area contributed by atoms with Gasteiger partial charge in [-0.2, -0.15) is 16.4 Å². The molecule has 112 valence electrons. The second-order valence-electron chi connectivity index (χ2n) is 4.99. The predicted octanol–water partition coefficient (Wildman–Crippen LogP) is 3.82. The van der Waals surface area contributed by atoms with Crippen molar-refractivity contribution < 1.29 is 9.90 Å². The number of aromatic nitrogens is 3. The Morgan fingerprint density at radius 2 is 1.96 bits per heavy atom. The van der Waals surface area contributed by atoms with Gasteiger partial charge in [-0.25, -0.2) is 14.3 Å². The predicted molar refractivity (Wildman–Crippen MR) is 88.7 cm³/mol. The molecule has 0 fully saturated rings. The highest BCUT2D eigenvalue weighted by Gasteiger charge is 2.15. The molecule has 0 bridgehead atoms. The van der Waals surface area contributed by atoms with Crippen LogP contribution in [0.2, 0.25) is 0 Å². The third-order valence-electron chi connectivity index (χ3n) is 3.61. The van der Waals surface area contributed by atoms with E-state index in [9.17, 15) is 4.79 Å². The zero-order valence-corrected chi connectivity index (χ0v) is 12.7. The van der Waals surface area contributed by atoms with E-state index in [1.54, 1.807) is 22.0 Å². The molecule has 1 N–H and O–H groups in total. The molecule has 0 aliphatic carbocycles. The second-order valence-corrected chi connectivity index (χ2v) is 5.77. The number of carboxylic acid groups (broad SMARTS) is 1. The molecule has 0 saturated carbocycles. The van der Waals surface area contributed by atoms with Crippen LogP contribution in [0, 0.1) is 0 Å². The molecule has 3 heterocycles. The fraction of sp³-hybridized carbons (Fsp3) is 0. The van der Waals surface area contributed by atoms with E-state index in [1.165, 1.54) is 6.07 Å². The van der Waals surface area contributed by atoms with Gasteiger partial charge in [0.15, 0.2) is 11.3 Å². The van der Waals surface area contributed by atoms with Crippen LogP contribution in [0.3, 0.4) is 0 Å². The topological polar surface area (TPSA) is 67.5 Å². The number of carbonyl (C=O) groups is 1. The number of hydrogen-bond donors (Lipinski definition) is 1. The third kappa shape index (κ3) is 2.29. The molecule has 23 heavy (non-hydrogen) atoms. The summed E-state index contributed by atoms with van der Waals surface area (Å²) in [6, 6.07) is 13.4. The van der Waals surface area contributed by atoms with Crippen molar-refractivity contribution in [2.45, 2.75) is 0 Å². The van der Waals surface area contributed by atoms with Crippen molar-refractivity contribution >= 4 is 23.0 Å². The van der Waals surface area contributed by atoms with Gasteiger partial charge in [0.1, 0.15) is 0 Å². The average molecular weight is 321 g/mol. The van der Waals surface area contributed by atoms with Gasteiger partial charge in [0.25, 0.3) is 0 Å². The number of benzene rings is 1. The van der Waals surface area contributed by atoms with Crippen LogP contribution in [0.5, 0.6) is 0 Å². The summed E-state index contributed by atoms with van der Waals surface area (Å²) in [7, 11) is 0. The van der Waals surface area contributed by atoms with E-state index in [-0.39, 0.29) is 5.69 Å². The summed E-state index contributed by atoms with van der Waals surface area (Å²) in [5, 5.41) is 17.4. The van der Waals surface area contributed by atoms with Crippen molar-refractivity contribution in [2.75, 3.05) is 0 Å². The molecule has 0 aliphatic rings. The molecule has 0 unspecified atom stereocenters. The first kappa shape index (κ1) is 13.7. The van der Waals surface area contributed by atoms with Gasteiger partial charge in [0, 0.05) is 17.8 Å². The average Bonchev–Trinajstić information content (AvgIpc) is 3.24. The number of aromatic carboxylic acids is 1. The lowest BCUT2D eigenvalue weighted by Crippen LogP contribution is -2.00. The maximum Gasteiger partial charge on any atom is 0.356 e. The van der Waals surface area contributed by atoms with E-state index >= 15 is 0 Å². The minimum Gasteiger partial charge on any atom is -0.476 e. The van der Waals surface area contributed by atoms with E-state index in [1.807, 2.05) is 35.7 Å². The number of rotatable bonds is 3. The first-order valence-corrected chi connectivity index (χ1v) is 7.88. The van der Waals surface area contributed by atoms with Crippen LogP contribution >= 0.6 is 11.3 Å². The molecule has 0 saturated heterocycles. The molecule has 0 spiro atoms. The first-order chi connectivity index (χ1) is 11.2. The zero-order valence-electron chi connectivity index (χ0n) is 11.9. The van der Waals surface area contributed by atoms with Gasteiger partial charge >= 0.3 is 5.97 Å². The highest BCUT2D eigenvalue weighted by molar-refractivity contribution is 7.08. The SMILES string of the molecule is O=C(O)c1cc2nccc(-c3ccccc3-c3ccsc3)n2n1. The van der Waals surface area contributed by atoms with Crippen molar-refractivity contribution in [3.63, 3.8) is 0 Å². The van der Waals surface area contributed by atoms with Crippen LogP contribution < -0.4 is 0 Å². The highest BCUT2D eigenvalue weighted by Crippen LogP contribution is 2.33. The Morgan fingerprint density at radius 1 is 1.13 bits per heavy atom. The van der Waals surface area contributed by atoms with Gasteiger partial charge in [0.05, 0.1) is 5.69 Å². The summed E-state index contributed by atoms with van der Waals surface area (Å²) in [5.41, 5.74) is 4.50. The van der Waals surface area contributed by atoms with Gasteiger partial charge in [-0.3, -0.25) is 0 Å². The smallest absolute Gasteiger partial charge is 0.356 e. The van der Waals surface area contributed by atoms with Crippen LogP contribution in [0.1, 0.15) is 10.5 Å². The molecule has 4 rings (SSSR count). The number of thiophene rings is 1. The van der Waals surface area contributed by atoms with Crippen molar-refractivity contribution in [1.82, 2.24) is 14.6 Å². The molecule has 5 nitrogen and oxygen atoms in total. The normalized spacial score (nSPS) is 11.0. The quantitative estimate of drug-likeness (QED) is 0.623. The largest absolute Gasteiger partial charge is 0.476 e. The summed E-state index contributed by atoms with van der Waals surface area (Å²) in [4.78, 5) is 15.4. The lowest BCUT2D eigenvalue weighted by molar-refractivity contribution is 0.0690. The summed E-state index contributed by atoms with van der Waals surface area (Å²) < 4.78 is 1.58. The number of hydrogen-bond acceptors (Lipinski definition) is 4. The Bertz CT molecular complexity index is 1010. The van der Waals surface area contributed by atoms with Crippen molar-refractivity contribution in [3.8, 4) is 22.4 Å². The molecule has 0 atom stereocenters. The Labute approximate surface area is 135 Å². The second kappa shape index (κ2) is 5.33. The zero-order chi connectivity index (χ0) is 15.8. The standard InChI is InChI=1S/C17H11N3O2S/c21-17(22)14-9-16-18-7-5-15(20(16)19-14)13-4-2-1-3-12(13)11-6-8-23-10-11/h1-10H,(H,21,22). The molecular formula is C17H11N3O2S. The van der Waals surface area contributed by atoms with Gasteiger partial charge in [-0.1, -0.05) is 24.3 Å². The Kier molecular flexibility index (Phi) is 3.17. The summed E-state index contributed by atoms with van der Waals surface area (Å²) >= 11 is 1.64. The maximum absolute atomic E-state index is 11.2. The van der Waals surface area contributed by atoms with Crippen molar-refractivity contribution in [3.05, 3.63) is 65.1 Å². The minimum atomic E-state index is -1.06. The number of nitrogens with zero attached hydrogens (tertiary/aromatic N) is 3. The summed E-state index contributed by atoms with van der Waals surface area (Å²) in [6.45, 7) is 0. The molecule has 6 heteroatoms. The molecule has 0 radical (unpaired) electrons. The summed E-state index contributed by atoms with van der Waals surface area (Å²) in [6.07, 6.45) is 1.67. The number of fused-ring (bicyclic) bond motifs is 1. The van der Waals surface area contributed by atoms with Gasteiger partial charge in [-0.05, 0) is 34.0 Å². The van der Waals surface area contributed by atoms with Crippen molar-refractivity contribution in [1.29, 1.82) is 0 Å². The summed E-state index contributed by atoms with van der Waals surface area (Å²) in [5.74, 6) is -1.06. The van der Waals surface area contributed by atoms with Crippen molar-refractivity contribution in [2.24, 2.45) is 0 Å². The van der Waals surface area contributed by atoms with Crippen LogP contribution in [0.4, 0.5) is 0 Å². The van der Waals surface area contributed by atoms with E-state index in [2.05, 4.69) is 21.5 Å². The van der Waals surface area contributed by atoms with E-state index < -0.39 is 5.97 Å². The van der Waals surface area contributed by atoms with Crippen LogP contribution in [0.15, 0.2) is 59.4 Å². The van der Waals surface area contributed by atoms with E-state index in [0.29, 0.717) is 5.65 Å². The Hall–Kier alpha value is -2.99. The molecule has 1 aromatic carbocycles. The monoisotopic (exact) mass is 321 g/mol. The molecule has 0 amide bonds. The molecular weight excluding hydrogens is 310 g/mol. The van der Waals surface area contributed by atoms with Crippen LogP contribution in [-0.4, -0.2) is 25.7 Å². The fourth-order valence-electron chi connectivity index (χ4n) is 2.58. The minimum absolute atomic E-state index is 0.0158. The Balaban J connectivity index is 1.99. The molecule has 0 aliphatic heterocycles. The fourth-order valence-corrected chi connectivity index (χ4v) is 3.24.